The predicted octanol–water partition coefficient (Wildman–Crippen LogP) is 3.53. The van der Waals surface area contributed by atoms with Crippen LogP contribution in [-0.2, 0) is 16.3 Å². The van der Waals surface area contributed by atoms with Crippen LogP contribution < -0.4 is 11.1 Å². The van der Waals surface area contributed by atoms with Gasteiger partial charge >= 0.3 is 0 Å². The third-order valence-corrected chi connectivity index (χ3v) is 7.14. The molecule has 0 spiro atoms. The first-order valence-electron chi connectivity index (χ1n) is 10.1. The van der Waals surface area contributed by atoms with E-state index in [1.54, 1.807) is 42.5 Å². The van der Waals surface area contributed by atoms with Crippen molar-refractivity contribution in [1.29, 1.82) is 0 Å². The first kappa shape index (κ1) is 23.9. The van der Waals surface area contributed by atoms with Crippen LogP contribution in [0, 0.1) is 0 Å². The minimum Gasteiger partial charge on any atom is -0.387 e. The average molecular weight is 473 g/mol. The van der Waals surface area contributed by atoms with Gasteiger partial charge in [-0.25, -0.2) is 8.42 Å². The number of hydrogen-bond donors (Lipinski definition) is 3. The Morgan fingerprint density at radius 3 is 2.19 bits per heavy atom. The van der Waals surface area contributed by atoms with Gasteiger partial charge in [0.15, 0.2) is 0 Å². The molecule has 2 atom stereocenters. The summed E-state index contributed by atoms with van der Waals surface area (Å²) in [4.78, 5) is 11.4. The number of aliphatic hydroxyl groups is 1. The summed E-state index contributed by atoms with van der Waals surface area (Å²) in [7, 11) is -3.69. The van der Waals surface area contributed by atoms with Crippen molar-refractivity contribution in [3.8, 4) is 0 Å². The van der Waals surface area contributed by atoms with Gasteiger partial charge in [0, 0.05) is 23.2 Å². The van der Waals surface area contributed by atoms with E-state index in [0.29, 0.717) is 18.0 Å². The van der Waals surface area contributed by atoms with Crippen LogP contribution in [0.1, 0.15) is 34.5 Å². The van der Waals surface area contributed by atoms with Crippen molar-refractivity contribution in [2.75, 3.05) is 6.54 Å². The zero-order valence-corrected chi connectivity index (χ0v) is 19.1. The second-order valence-corrected chi connectivity index (χ2v) is 10.0. The van der Waals surface area contributed by atoms with Crippen LogP contribution in [0.4, 0.5) is 0 Å². The Morgan fingerprint density at radius 2 is 1.62 bits per heavy atom. The highest BCUT2D eigenvalue weighted by Crippen LogP contribution is 2.22. The Kier molecular flexibility index (Phi) is 7.69. The van der Waals surface area contributed by atoms with Crippen LogP contribution in [0.3, 0.4) is 0 Å². The SMILES string of the molecule is C[C@H](Cc1ccc(S(=O)(=O)c2ccc(C(N)=O)cc2)cc1)NC[C@H](O)c1cccc(Cl)c1. The number of rotatable bonds is 9. The summed E-state index contributed by atoms with van der Waals surface area (Å²) in [6.07, 6.45) is -0.0137. The Morgan fingerprint density at radius 1 is 1.03 bits per heavy atom. The molecular formula is C24H25ClN2O4S. The number of halogens is 1. The molecule has 0 aliphatic rings. The fourth-order valence-electron chi connectivity index (χ4n) is 3.31. The second kappa shape index (κ2) is 10.3. The van der Waals surface area contributed by atoms with E-state index in [4.69, 9.17) is 17.3 Å². The summed E-state index contributed by atoms with van der Waals surface area (Å²) in [6, 6.07) is 19.4. The quantitative estimate of drug-likeness (QED) is 0.441. The molecule has 0 aromatic heterocycles. The number of amides is 1. The van der Waals surface area contributed by atoms with E-state index in [0.717, 1.165) is 11.1 Å². The predicted molar refractivity (Wildman–Crippen MR) is 124 cm³/mol. The second-order valence-electron chi connectivity index (χ2n) is 7.62. The molecule has 0 saturated carbocycles. The lowest BCUT2D eigenvalue weighted by Gasteiger charge is -2.18. The number of carbonyl (C=O) groups excluding carboxylic acids is 1. The maximum absolute atomic E-state index is 12.8. The van der Waals surface area contributed by atoms with Gasteiger partial charge in [-0.05, 0) is 73.0 Å². The maximum Gasteiger partial charge on any atom is 0.248 e. The topological polar surface area (TPSA) is 109 Å². The van der Waals surface area contributed by atoms with E-state index in [1.807, 2.05) is 13.0 Å². The third kappa shape index (κ3) is 5.95. The van der Waals surface area contributed by atoms with E-state index in [2.05, 4.69) is 5.32 Å². The number of hydrogen-bond acceptors (Lipinski definition) is 5. The van der Waals surface area contributed by atoms with Gasteiger partial charge in [0.05, 0.1) is 15.9 Å². The number of benzene rings is 3. The molecule has 32 heavy (non-hydrogen) atoms. The highest BCUT2D eigenvalue weighted by molar-refractivity contribution is 7.91. The van der Waals surface area contributed by atoms with Crippen molar-refractivity contribution in [2.24, 2.45) is 5.73 Å². The van der Waals surface area contributed by atoms with Crippen molar-refractivity contribution >= 4 is 27.3 Å². The number of carbonyl (C=O) groups is 1. The summed E-state index contributed by atoms with van der Waals surface area (Å²) in [6.45, 7) is 2.37. The lowest BCUT2D eigenvalue weighted by molar-refractivity contribution is 0.1000. The third-order valence-electron chi connectivity index (χ3n) is 5.12. The number of sulfone groups is 1. The molecule has 0 radical (unpaired) electrons. The number of nitrogens with two attached hydrogens (primary N) is 1. The summed E-state index contributed by atoms with van der Waals surface area (Å²) in [5.41, 5.74) is 7.16. The molecule has 8 heteroatoms. The van der Waals surface area contributed by atoms with E-state index in [1.165, 1.54) is 24.3 Å². The van der Waals surface area contributed by atoms with Crippen LogP contribution >= 0.6 is 11.6 Å². The molecule has 0 aliphatic heterocycles. The van der Waals surface area contributed by atoms with E-state index >= 15 is 0 Å². The van der Waals surface area contributed by atoms with Gasteiger partial charge in [0.25, 0.3) is 0 Å². The Bertz CT molecular complexity index is 1180. The molecule has 168 valence electrons. The first-order chi connectivity index (χ1) is 15.2. The zero-order chi connectivity index (χ0) is 23.3. The number of nitrogens with one attached hydrogen (secondary N) is 1. The van der Waals surface area contributed by atoms with E-state index in [9.17, 15) is 18.3 Å². The van der Waals surface area contributed by atoms with Crippen molar-refractivity contribution in [3.63, 3.8) is 0 Å². The molecule has 3 rings (SSSR count). The van der Waals surface area contributed by atoms with Crippen molar-refractivity contribution in [3.05, 3.63) is 94.5 Å². The summed E-state index contributed by atoms with van der Waals surface area (Å²) in [5.74, 6) is -0.610. The standard InChI is InChI=1S/C24H25ClN2O4S/c1-16(27-15-23(28)19-3-2-4-20(25)14-19)13-17-5-9-21(10-6-17)32(30,31)22-11-7-18(8-12-22)24(26)29/h2-12,14,16,23,27-28H,13,15H2,1H3,(H2,26,29)/t16-,23+/m1/s1. The normalized spacial score (nSPS) is 13.5. The average Bonchev–Trinajstić information content (AvgIpc) is 2.78. The highest BCUT2D eigenvalue weighted by Gasteiger charge is 2.18. The first-order valence-corrected chi connectivity index (χ1v) is 11.9. The zero-order valence-electron chi connectivity index (χ0n) is 17.5. The van der Waals surface area contributed by atoms with Gasteiger partial charge in [0.2, 0.25) is 15.7 Å². The van der Waals surface area contributed by atoms with Crippen LogP contribution in [0.2, 0.25) is 5.02 Å². The summed E-state index contributed by atoms with van der Waals surface area (Å²) >= 11 is 5.97. The van der Waals surface area contributed by atoms with Crippen molar-refractivity contribution in [1.82, 2.24) is 5.32 Å². The molecule has 3 aromatic rings. The van der Waals surface area contributed by atoms with E-state index < -0.39 is 21.8 Å². The number of primary amides is 1. The van der Waals surface area contributed by atoms with Gasteiger partial charge in [-0.1, -0.05) is 35.9 Å². The van der Waals surface area contributed by atoms with Crippen LogP contribution in [0.25, 0.3) is 0 Å². The molecule has 3 aromatic carbocycles. The van der Waals surface area contributed by atoms with Gasteiger partial charge in [-0.15, -0.1) is 0 Å². The summed E-state index contributed by atoms with van der Waals surface area (Å²) < 4.78 is 25.6. The lowest BCUT2D eigenvalue weighted by Crippen LogP contribution is -2.32. The molecule has 4 N–H and O–H groups in total. The van der Waals surface area contributed by atoms with Crippen LogP contribution in [-0.4, -0.2) is 32.0 Å². The Balaban J connectivity index is 1.60. The van der Waals surface area contributed by atoms with Gasteiger partial charge < -0.3 is 16.2 Å². The monoisotopic (exact) mass is 472 g/mol. The Hall–Kier alpha value is -2.71. The Labute approximate surface area is 193 Å². The van der Waals surface area contributed by atoms with Gasteiger partial charge in [0.1, 0.15) is 0 Å². The van der Waals surface area contributed by atoms with Crippen molar-refractivity contribution < 1.29 is 18.3 Å². The summed E-state index contributed by atoms with van der Waals surface area (Å²) in [5, 5.41) is 14.2. The molecule has 1 amide bonds. The molecule has 0 bridgehead atoms. The lowest BCUT2D eigenvalue weighted by atomic mass is 10.1. The van der Waals surface area contributed by atoms with Gasteiger partial charge in [-0.3, -0.25) is 4.79 Å². The number of aliphatic hydroxyl groups excluding tert-OH is 1. The molecule has 0 saturated heterocycles. The highest BCUT2D eigenvalue weighted by atomic mass is 35.5. The fourth-order valence-corrected chi connectivity index (χ4v) is 4.77. The fraction of sp³-hybridized carbons (Fsp3) is 0.208. The largest absolute Gasteiger partial charge is 0.387 e. The van der Waals surface area contributed by atoms with Crippen LogP contribution in [0.5, 0.6) is 0 Å². The van der Waals surface area contributed by atoms with Crippen molar-refractivity contribution in [2.45, 2.75) is 35.3 Å². The molecule has 0 aliphatic carbocycles. The van der Waals surface area contributed by atoms with E-state index in [-0.39, 0.29) is 21.4 Å². The minimum atomic E-state index is -3.69. The molecule has 0 unspecified atom stereocenters. The molecule has 0 heterocycles. The minimum absolute atomic E-state index is 0.0626. The van der Waals surface area contributed by atoms with Crippen LogP contribution in [0.15, 0.2) is 82.6 Å². The molecule has 0 fully saturated rings. The van der Waals surface area contributed by atoms with Gasteiger partial charge in [-0.2, -0.15) is 0 Å². The molecular weight excluding hydrogens is 448 g/mol. The maximum atomic E-state index is 12.8. The smallest absolute Gasteiger partial charge is 0.248 e. The molecule has 6 nitrogen and oxygen atoms in total.